The van der Waals surface area contributed by atoms with Crippen LogP contribution in [0.3, 0.4) is 0 Å². The number of methoxy groups -OCH3 is 3. The van der Waals surface area contributed by atoms with Gasteiger partial charge in [0.1, 0.15) is 0 Å². The van der Waals surface area contributed by atoms with Crippen LogP contribution in [0.25, 0.3) is 0 Å². The smallest absolute Gasteiger partial charge is 0.310 e. The van der Waals surface area contributed by atoms with Crippen molar-refractivity contribution in [3.63, 3.8) is 0 Å². The summed E-state index contributed by atoms with van der Waals surface area (Å²) in [7, 11) is 4.65. The molecule has 2 atom stereocenters. The SMILES string of the molecule is CCNC(=NCc1cc(Br)c(OC)c(OC)c1)N1CC(C)C(C(=O)OC)C1.I. The number of hydrogen-bond acceptors (Lipinski definition) is 5. The van der Waals surface area contributed by atoms with Crippen molar-refractivity contribution in [2.45, 2.75) is 20.4 Å². The van der Waals surface area contributed by atoms with Gasteiger partial charge in [-0.05, 0) is 46.5 Å². The number of carbonyl (C=O) groups excluding carboxylic acids is 1. The summed E-state index contributed by atoms with van der Waals surface area (Å²) in [5.74, 6) is 2.03. The van der Waals surface area contributed by atoms with Crippen LogP contribution in [0.1, 0.15) is 19.4 Å². The molecule has 0 spiro atoms. The van der Waals surface area contributed by atoms with Gasteiger partial charge in [0.05, 0.1) is 38.3 Å². The Morgan fingerprint density at radius 1 is 1.29 bits per heavy atom. The molecule has 0 saturated carbocycles. The fraction of sp³-hybridized carbons (Fsp3) is 0.579. The molecule has 0 radical (unpaired) electrons. The number of rotatable bonds is 6. The highest BCUT2D eigenvalue weighted by Gasteiger charge is 2.36. The van der Waals surface area contributed by atoms with Gasteiger partial charge < -0.3 is 24.4 Å². The largest absolute Gasteiger partial charge is 0.493 e. The summed E-state index contributed by atoms with van der Waals surface area (Å²) in [6, 6.07) is 3.89. The number of hydrogen-bond donors (Lipinski definition) is 1. The Morgan fingerprint density at radius 2 is 2.00 bits per heavy atom. The molecule has 158 valence electrons. The first-order valence-electron chi connectivity index (χ1n) is 8.96. The lowest BCUT2D eigenvalue weighted by atomic mass is 9.99. The summed E-state index contributed by atoms with van der Waals surface area (Å²) in [6.45, 7) is 6.70. The van der Waals surface area contributed by atoms with Gasteiger partial charge in [-0.25, -0.2) is 4.99 Å². The Morgan fingerprint density at radius 3 is 2.57 bits per heavy atom. The molecule has 9 heteroatoms. The van der Waals surface area contributed by atoms with E-state index in [2.05, 4.69) is 33.1 Å². The van der Waals surface area contributed by atoms with Crippen LogP contribution in [-0.4, -0.2) is 57.8 Å². The maximum Gasteiger partial charge on any atom is 0.310 e. The van der Waals surface area contributed by atoms with Crippen LogP contribution in [0.4, 0.5) is 0 Å². The second kappa shape index (κ2) is 11.7. The van der Waals surface area contributed by atoms with Crippen LogP contribution in [0.2, 0.25) is 0 Å². The maximum absolute atomic E-state index is 12.0. The Bertz CT molecular complexity index is 702. The normalized spacial score (nSPS) is 19.1. The topological polar surface area (TPSA) is 72.4 Å². The molecule has 1 N–H and O–H groups in total. The number of nitrogens with one attached hydrogen (secondary N) is 1. The molecule has 0 aromatic heterocycles. The standard InChI is InChI=1S/C19H28BrN3O4.HI/c1-6-21-19(23-10-12(2)14(11-23)18(24)27-5)22-9-13-7-15(20)17(26-4)16(8-13)25-3;/h7-8,12,14H,6,9-11H2,1-5H3,(H,21,22);1H. The summed E-state index contributed by atoms with van der Waals surface area (Å²) in [5, 5.41) is 3.31. The van der Waals surface area contributed by atoms with Gasteiger partial charge in [-0.15, -0.1) is 24.0 Å². The molecule has 2 rings (SSSR count). The zero-order chi connectivity index (χ0) is 20.0. The van der Waals surface area contributed by atoms with Crippen LogP contribution in [-0.2, 0) is 16.1 Å². The molecule has 1 aliphatic rings. The number of carbonyl (C=O) groups is 1. The van der Waals surface area contributed by atoms with E-state index in [0.29, 0.717) is 24.6 Å². The van der Waals surface area contributed by atoms with Crippen molar-refractivity contribution < 1.29 is 19.0 Å². The molecule has 28 heavy (non-hydrogen) atoms. The van der Waals surface area contributed by atoms with E-state index in [1.54, 1.807) is 14.2 Å². The van der Waals surface area contributed by atoms with Crippen molar-refractivity contribution in [1.82, 2.24) is 10.2 Å². The number of aliphatic imine (C=N–C) groups is 1. The number of benzene rings is 1. The van der Waals surface area contributed by atoms with E-state index in [0.717, 1.165) is 29.1 Å². The highest BCUT2D eigenvalue weighted by molar-refractivity contribution is 14.0. The molecule has 1 aromatic rings. The predicted octanol–water partition coefficient (Wildman–Crippen LogP) is 3.29. The molecule has 7 nitrogen and oxygen atoms in total. The van der Waals surface area contributed by atoms with Gasteiger partial charge in [0, 0.05) is 19.6 Å². The Balaban J connectivity index is 0.00000392. The molecule has 1 saturated heterocycles. The van der Waals surface area contributed by atoms with Crippen molar-refractivity contribution in [1.29, 1.82) is 0 Å². The monoisotopic (exact) mass is 569 g/mol. The van der Waals surface area contributed by atoms with Crippen LogP contribution in [0, 0.1) is 11.8 Å². The van der Waals surface area contributed by atoms with E-state index < -0.39 is 0 Å². The molecule has 1 fully saturated rings. The van der Waals surface area contributed by atoms with Crippen LogP contribution in [0.15, 0.2) is 21.6 Å². The summed E-state index contributed by atoms with van der Waals surface area (Å²) < 4.78 is 16.5. The number of guanidine groups is 1. The lowest BCUT2D eigenvalue weighted by Gasteiger charge is -2.21. The maximum atomic E-state index is 12.0. The molecule has 1 aliphatic heterocycles. The molecule has 0 amide bonds. The highest BCUT2D eigenvalue weighted by atomic mass is 127. The van der Waals surface area contributed by atoms with Gasteiger partial charge in [-0.2, -0.15) is 0 Å². The quantitative estimate of drug-likeness (QED) is 0.245. The van der Waals surface area contributed by atoms with E-state index in [-0.39, 0.29) is 41.8 Å². The summed E-state index contributed by atoms with van der Waals surface area (Å²) in [5.41, 5.74) is 0.992. The fourth-order valence-electron chi connectivity index (χ4n) is 3.25. The zero-order valence-corrected chi connectivity index (χ0v) is 20.9. The molecule has 0 bridgehead atoms. The van der Waals surface area contributed by atoms with Gasteiger partial charge >= 0.3 is 5.97 Å². The number of ether oxygens (including phenoxy) is 3. The van der Waals surface area contributed by atoms with Crippen molar-refractivity contribution >= 4 is 51.8 Å². The summed E-state index contributed by atoms with van der Waals surface area (Å²) >= 11 is 3.51. The summed E-state index contributed by atoms with van der Waals surface area (Å²) in [6.07, 6.45) is 0. The van der Waals surface area contributed by atoms with Gasteiger partial charge in [-0.3, -0.25) is 4.79 Å². The molecular weight excluding hydrogens is 541 g/mol. The minimum atomic E-state index is -0.162. The first-order valence-corrected chi connectivity index (χ1v) is 9.75. The van der Waals surface area contributed by atoms with E-state index in [1.807, 2.05) is 19.1 Å². The van der Waals surface area contributed by atoms with E-state index in [4.69, 9.17) is 19.2 Å². The number of halogens is 2. The van der Waals surface area contributed by atoms with Gasteiger partial charge in [-0.1, -0.05) is 6.92 Å². The van der Waals surface area contributed by atoms with E-state index in [1.165, 1.54) is 7.11 Å². The number of esters is 1. The lowest BCUT2D eigenvalue weighted by Crippen LogP contribution is -2.40. The third kappa shape index (κ3) is 5.88. The predicted molar refractivity (Wildman–Crippen MR) is 124 cm³/mol. The number of likely N-dealkylation sites (tertiary alicyclic amines) is 1. The first kappa shape index (κ1) is 24.8. The van der Waals surface area contributed by atoms with Gasteiger partial charge in [0.15, 0.2) is 17.5 Å². The third-order valence-electron chi connectivity index (χ3n) is 4.66. The second-order valence-electron chi connectivity index (χ2n) is 6.50. The van der Waals surface area contributed by atoms with Crippen LogP contribution in [0.5, 0.6) is 11.5 Å². The highest BCUT2D eigenvalue weighted by Crippen LogP contribution is 2.36. The number of nitrogens with zero attached hydrogens (tertiary/aromatic N) is 2. The second-order valence-corrected chi connectivity index (χ2v) is 7.35. The van der Waals surface area contributed by atoms with E-state index in [9.17, 15) is 4.79 Å². The van der Waals surface area contributed by atoms with Crippen LogP contribution >= 0.6 is 39.9 Å². The Kier molecular flexibility index (Phi) is 10.4. The molecular formula is C19H29BrIN3O4. The molecule has 1 heterocycles. The molecule has 2 unspecified atom stereocenters. The molecule has 1 aromatic carbocycles. The minimum absolute atomic E-state index is 0. The van der Waals surface area contributed by atoms with Crippen molar-refractivity contribution in [3.05, 3.63) is 22.2 Å². The van der Waals surface area contributed by atoms with Gasteiger partial charge in [0.2, 0.25) is 0 Å². The van der Waals surface area contributed by atoms with Crippen molar-refractivity contribution in [3.8, 4) is 11.5 Å². The first-order chi connectivity index (χ1) is 12.9. The average Bonchev–Trinajstić information content (AvgIpc) is 3.05. The average molecular weight is 570 g/mol. The van der Waals surface area contributed by atoms with E-state index >= 15 is 0 Å². The Hall–Kier alpha value is -1.23. The van der Waals surface area contributed by atoms with Crippen molar-refractivity contribution in [2.75, 3.05) is 41.0 Å². The van der Waals surface area contributed by atoms with Crippen molar-refractivity contribution in [2.24, 2.45) is 16.8 Å². The third-order valence-corrected chi connectivity index (χ3v) is 5.24. The zero-order valence-electron chi connectivity index (χ0n) is 17.0. The lowest BCUT2D eigenvalue weighted by molar-refractivity contribution is -0.145. The summed E-state index contributed by atoms with van der Waals surface area (Å²) in [4.78, 5) is 18.8. The molecule has 0 aliphatic carbocycles. The Labute approximate surface area is 192 Å². The fourth-order valence-corrected chi connectivity index (χ4v) is 3.90. The minimum Gasteiger partial charge on any atom is -0.493 e. The van der Waals surface area contributed by atoms with Crippen LogP contribution < -0.4 is 14.8 Å². The van der Waals surface area contributed by atoms with Gasteiger partial charge in [0.25, 0.3) is 0 Å².